The van der Waals surface area contributed by atoms with Gasteiger partial charge >= 0.3 is 0 Å². The first-order valence-electron chi connectivity index (χ1n) is 6.43. The van der Waals surface area contributed by atoms with Gasteiger partial charge in [-0.15, -0.1) is 0 Å². The summed E-state index contributed by atoms with van der Waals surface area (Å²) in [6, 6.07) is 11.2. The van der Waals surface area contributed by atoms with Gasteiger partial charge in [0.2, 0.25) is 0 Å². The van der Waals surface area contributed by atoms with Crippen molar-refractivity contribution in [3.05, 3.63) is 73.2 Å². The van der Waals surface area contributed by atoms with Crippen LogP contribution in [0.1, 0.15) is 22.8 Å². The molecule has 23 heavy (non-hydrogen) atoms. The van der Waals surface area contributed by atoms with Crippen LogP contribution in [-0.4, -0.2) is 16.5 Å². The molecular weight excluding hydrogens is 386 g/mol. The monoisotopic (exact) mass is 395 g/mol. The first kappa shape index (κ1) is 17.1. The first-order valence-corrected chi connectivity index (χ1v) is 7.60. The summed E-state index contributed by atoms with van der Waals surface area (Å²) in [5.74, 6) is -0.554. The second kappa shape index (κ2) is 7.34. The molecule has 0 spiro atoms. The summed E-state index contributed by atoms with van der Waals surface area (Å²) < 4.78 is 0.937. The van der Waals surface area contributed by atoms with Gasteiger partial charge in [-0.05, 0) is 36.8 Å². The molecule has 8 heteroatoms. The van der Waals surface area contributed by atoms with E-state index in [-0.39, 0.29) is 16.3 Å². The van der Waals surface area contributed by atoms with E-state index in [9.17, 15) is 14.9 Å². The topological polar surface area (TPSA) is 84.6 Å². The summed E-state index contributed by atoms with van der Waals surface area (Å²) in [4.78, 5) is 22.2. The number of amides is 1. The SMILES string of the molecule is C/C(=N\NC(=O)c1ccc(Cl)c([N+](=O)[O-])c1)c1ccc(Br)cc1. The van der Waals surface area contributed by atoms with Gasteiger partial charge in [-0.3, -0.25) is 14.9 Å². The number of nitrogens with one attached hydrogen (secondary N) is 1. The highest BCUT2D eigenvalue weighted by Gasteiger charge is 2.16. The molecule has 1 N–H and O–H groups in total. The number of nitrogens with zero attached hydrogens (tertiary/aromatic N) is 2. The Morgan fingerprint density at radius 3 is 2.43 bits per heavy atom. The van der Waals surface area contributed by atoms with E-state index >= 15 is 0 Å². The summed E-state index contributed by atoms with van der Waals surface area (Å²) in [7, 11) is 0. The Labute approximate surface area is 145 Å². The van der Waals surface area contributed by atoms with Crippen LogP contribution in [0.15, 0.2) is 52.0 Å². The highest BCUT2D eigenvalue weighted by atomic mass is 79.9. The Morgan fingerprint density at radius 1 is 1.22 bits per heavy atom. The zero-order valence-electron chi connectivity index (χ0n) is 11.9. The van der Waals surface area contributed by atoms with Crippen LogP contribution in [0.3, 0.4) is 0 Å². The normalized spacial score (nSPS) is 11.2. The van der Waals surface area contributed by atoms with Crippen molar-refractivity contribution in [2.24, 2.45) is 5.10 Å². The largest absolute Gasteiger partial charge is 0.288 e. The minimum atomic E-state index is -0.643. The number of halogens is 2. The Balaban J connectivity index is 2.16. The van der Waals surface area contributed by atoms with Crippen molar-refractivity contribution in [3.63, 3.8) is 0 Å². The number of hydrazone groups is 1. The molecule has 2 rings (SSSR count). The van der Waals surface area contributed by atoms with E-state index < -0.39 is 10.8 Å². The third kappa shape index (κ3) is 4.37. The predicted molar refractivity (Wildman–Crippen MR) is 91.9 cm³/mol. The molecule has 2 aromatic rings. The Hall–Kier alpha value is -2.25. The molecule has 0 unspecified atom stereocenters. The van der Waals surface area contributed by atoms with Gasteiger partial charge in [-0.25, -0.2) is 5.43 Å². The highest BCUT2D eigenvalue weighted by molar-refractivity contribution is 9.10. The maximum Gasteiger partial charge on any atom is 0.288 e. The highest BCUT2D eigenvalue weighted by Crippen LogP contribution is 2.25. The number of carbonyl (C=O) groups is 1. The fraction of sp³-hybridized carbons (Fsp3) is 0.0667. The average molecular weight is 397 g/mol. The Kier molecular flexibility index (Phi) is 5.46. The maximum atomic E-state index is 12.0. The number of rotatable bonds is 4. The summed E-state index contributed by atoms with van der Waals surface area (Å²) in [5.41, 5.74) is 3.60. The van der Waals surface area contributed by atoms with Crippen LogP contribution >= 0.6 is 27.5 Å². The van der Waals surface area contributed by atoms with E-state index in [1.807, 2.05) is 24.3 Å². The fourth-order valence-corrected chi connectivity index (χ4v) is 2.20. The zero-order valence-corrected chi connectivity index (χ0v) is 14.3. The number of nitro benzene ring substituents is 1. The van der Waals surface area contributed by atoms with Crippen LogP contribution in [-0.2, 0) is 0 Å². The van der Waals surface area contributed by atoms with Gasteiger partial charge in [0.25, 0.3) is 11.6 Å². The second-order valence-electron chi connectivity index (χ2n) is 4.57. The molecule has 0 radical (unpaired) electrons. The molecule has 0 fully saturated rings. The standard InChI is InChI=1S/C15H11BrClN3O3/c1-9(10-2-5-12(16)6-3-10)18-19-15(21)11-4-7-13(17)14(8-11)20(22)23/h2-8H,1H3,(H,19,21)/b18-9+. The quantitative estimate of drug-likeness (QED) is 0.478. The van der Waals surface area contributed by atoms with Crippen molar-refractivity contribution >= 4 is 44.8 Å². The Bertz CT molecular complexity index is 791. The van der Waals surface area contributed by atoms with Crippen LogP contribution in [0, 0.1) is 10.1 Å². The molecule has 0 aliphatic heterocycles. The van der Waals surface area contributed by atoms with Crippen molar-refractivity contribution in [1.82, 2.24) is 5.43 Å². The van der Waals surface area contributed by atoms with E-state index in [0.717, 1.165) is 16.1 Å². The Morgan fingerprint density at radius 2 is 1.83 bits per heavy atom. The van der Waals surface area contributed by atoms with Crippen LogP contribution in [0.25, 0.3) is 0 Å². The zero-order chi connectivity index (χ0) is 17.0. The second-order valence-corrected chi connectivity index (χ2v) is 5.89. The van der Waals surface area contributed by atoms with Gasteiger partial charge in [-0.1, -0.05) is 39.7 Å². The molecule has 0 aliphatic rings. The molecule has 0 aromatic heterocycles. The molecule has 1 amide bonds. The van der Waals surface area contributed by atoms with Crippen LogP contribution in [0.2, 0.25) is 5.02 Å². The lowest BCUT2D eigenvalue weighted by Gasteiger charge is -2.04. The van der Waals surface area contributed by atoms with E-state index in [1.165, 1.54) is 12.1 Å². The third-order valence-corrected chi connectivity index (χ3v) is 3.84. The first-order chi connectivity index (χ1) is 10.9. The average Bonchev–Trinajstić information content (AvgIpc) is 2.53. The number of hydrogen-bond donors (Lipinski definition) is 1. The summed E-state index contributed by atoms with van der Waals surface area (Å²) in [5, 5.41) is 14.8. The number of hydrogen-bond acceptors (Lipinski definition) is 4. The van der Waals surface area contributed by atoms with Crippen molar-refractivity contribution in [1.29, 1.82) is 0 Å². The number of carbonyl (C=O) groups excluding carboxylic acids is 1. The molecule has 0 saturated carbocycles. The number of benzene rings is 2. The number of nitro groups is 1. The van der Waals surface area contributed by atoms with Gasteiger partial charge < -0.3 is 0 Å². The molecular formula is C15H11BrClN3O3. The molecule has 0 heterocycles. The smallest absolute Gasteiger partial charge is 0.267 e. The van der Waals surface area contributed by atoms with E-state index in [0.29, 0.717) is 5.71 Å². The van der Waals surface area contributed by atoms with Crippen LogP contribution in [0.5, 0.6) is 0 Å². The van der Waals surface area contributed by atoms with Crippen molar-refractivity contribution in [2.45, 2.75) is 6.92 Å². The third-order valence-electron chi connectivity index (χ3n) is 2.99. The summed E-state index contributed by atoms with van der Waals surface area (Å²) in [6.07, 6.45) is 0. The van der Waals surface area contributed by atoms with E-state index in [2.05, 4.69) is 26.5 Å². The van der Waals surface area contributed by atoms with Gasteiger partial charge in [0.15, 0.2) is 0 Å². The molecule has 0 saturated heterocycles. The molecule has 0 atom stereocenters. The summed E-state index contributed by atoms with van der Waals surface area (Å²) >= 11 is 9.05. The maximum absolute atomic E-state index is 12.0. The lowest BCUT2D eigenvalue weighted by molar-refractivity contribution is -0.384. The lowest BCUT2D eigenvalue weighted by atomic mass is 10.1. The molecule has 0 aliphatic carbocycles. The van der Waals surface area contributed by atoms with E-state index in [1.54, 1.807) is 6.92 Å². The predicted octanol–water partition coefficient (Wildman–Crippen LogP) is 4.16. The van der Waals surface area contributed by atoms with Crippen LogP contribution < -0.4 is 5.43 Å². The van der Waals surface area contributed by atoms with Crippen molar-refractivity contribution in [3.8, 4) is 0 Å². The fourth-order valence-electron chi connectivity index (χ4n) is 1.75. The van der Waals surface area contributed by atoms with Gasteiger partial charge in [0, 0.05) is 16.1 Å². The molecule has 6 nitrogen and oxygen atoms in total. The van der Waals surface area contributed by atoms with Gasteiger partial charge in [0.05, 0.1) is 10.6 Å². The molecule has 2 aromatic carbocycles. The van der Waals surface area contributed by atoms with Crippen molar-refractivity contribution in [2.75, 3.05) is 0 Å². The van der Waals surface area contributed by atoms with Gasteiger partial charge in [-0.2, -0.15) is 5.10 Å². The van der Waals surface area contributed by atoms with Crippen LogP contribution in [0.4, 0.5) is 5.69 Å². The van der Waals surface area contributed by atoms with Crippen molar-refractivity contribution < 1.29 is 9.72 Å². The lowest BCUT2D eigenvalue weighted by Crippen LogP contribution is -2.19. The minimum absolute atomic E-state index is 0.0268. The van der Waals surface area contributed by atoms with E-state index in [4.69, 9.17) is 11.6 Å². The summed E-state index contributed by atoms with van der Waals surface area (Å²) in [6.45, 7) is 1.74. The molecule has 118 valence electrons. The molecule has 0 bridgehead atoms. The van der Waals surface area contributed by atoms with Gasteiger partial charge in [0.1, 0.15) is 5.02 Å². The minimum Gasteiger partial charge on any atom is -0.267 e.